The molecule has 0 spiro atoms. The van der Waals surface area contributed by atoms with Gasteiger partial charge in [-0.1, -0.05) is 30.3 Å². The third kappa shape index (κ3) is 2.73. The van der Waals surface area contributed by atoms with Crippen LogP contribution in [0, 0.1) is 0 Å². The van der Waals surface area contributed by atoms with Crippen LogP contribution >= 0.6 is 11.3 Å². The summed E-state index contributed by atoms with van der Waals surface area (Å²) in [6, 6.07) is 17.5. The lowest BCUT2D eigenvalue weighted by Gasteiger charge is -2.06. The molecule has 0 aliphatic heterocycles. The van der Waals surface area contributed by atoms with Crippen LogP contribution in [0.15, 0.2) is 60.0 Å². The van der Waals surface area contributed by atoms with E-state index in [9.17, 15) is 4.79 Å². The SMILES string of the molecule is O=C(CCOc1ccccc1)c1cccc2ccsc12. The molecule has 0 N–H and O–H groups in total. The number of carbonyl (C=O) groups excluding carboxylic acids is 1. The van der Waals surface area contributed by atoms with Crippen molar-refractivity contribution in [3.63, 3.8) is 0 Å². The van der Waals surface area contributed by atoms with Crippen LogP contribution in [0.4, 0.5) is 0 Å². The van der Waals surface area contributed by atoms with Crippen LogP contribution < -0.4 is 4.74 Å². The number of ether oxygens (including phenoxy) is 1. The molecule has 3 aromatic rings. The number of para-hydroxylation sites is 1. The standard InChI is InChI=1S/C17H14O2S/c18-16(9-11-19-14-6-2-1-3-7-14)15-8-4-5-13-10-12-20-17(13)15/h1-8,10,12H,9,11H2. The van der Waals surface area contributed by atoms with E-state index in [1.165, 1.54) is 0 Å². The van der Waals surface area contributed by atoms with Gasteiger partial charge in [0, 0.05) is 16.7 Å². The molecule has 3 rings (SSSR count). The van der Waals surface area contributed by atoms with Crippen molar-refractivity contribution in [2.45, 2.75) is 6.42 Å². The summed E-state index contributed by atoms with van der Waals surface area (Å²) in [5, 5.41) is 3.15. The maximum absolute atomic E-state index is 12.3. The quantitative estimate of drug-likeness (QED) is 0.642. The Balaban J connectivity index is 1.66. The monoisotopic (exact) mass is 282 g/mol. The number of hydrogen-bond donors (Lipinski definition) is 0. The van der Waals surface area contributed by atoms with Crippen molar-refractivity contribution < 1.29 is 9.53 Å². The van der Waals surface area contributed by atoms with Gasteiger partial charge in [-0.25, -0.2) is 0 Å². The van der Waals surface area contributed by atoms with Crippen molar-refractivity contribution >= 4 is 27.2 Å². The molecule has 0 unspecified atom stereocenters. The molecular formula is C17H14O2S. The predicted molar refractivity (Wildman–Crippen MR) is 82.7 cm³/mol. The fourth-order valence-corrected chi connectivity index (χ4v) is 3.06. The van der Waals surface area contributed by atoms with Gasteiger partial charge >= 0.3 is 0 Å². The van der Waals surface area contributed by atoms with Crippen LogP contribution in [0.2, 0.25) is 0 Å². The Morgan fingerprint density at radius 1 is 1.00 bits per heavy atom. The molecule has 100 valence electrons. The molecular weight excluding hydrogens is 268 g/mol. The third-order valence-electron chi connectivity index (χ3n) is 3.12. The Labute approximate surface area is 121 Å². The number of hydrogen-bond acceptors (Lipinski definition) is 3. The van der Waals surface area contributed by atoms with Gasteiger partial charge in [0.15, 0.2) is 5.78 Å². The third-order valence-corrected chi connectivity index (χ3v) is 4.08. The van der Waals surface area contributed by atoms with Gasteiger partial charge in [-0.2, -0.15) is 0 Å². The zero-order chi connectivity index (χ0) is 13.8. The first-order chi connectivity index (χ1) is 9.84. The van der Waals surface area contributed by atoms with Gasteiger partial charge in [-0.15, -0.1) is 11.3 Å². The van der Waals surface area contributed by atoms with E-state index in [4.69, 9.17) is 4.74 Å². The van der Waals surface area contributed by atoms with Crippen LogP contribution in [0.5, 0.6) is 5.75 Å². The molecule has 20 heavy (non-hydrogen) atoms. The van der Waals surface area contributed by atoms with Gasteiger partial charge in [0.05, 0.1) is 6.61 Å². The minimum absolute atomic E-state index is 0.133. The summed E-state index contributed by atoms with van der Waals surface area (Å²) in [7, 11) is 0. The highest BCUT2D eigenvalue weighted by molar-refractivity contribution is 7.17. The van der Waals surface area contributed by atoms with Gasteiger partial charge in [0.1, 0.15) is 5.75 Å². The second-order valence-electron chi connectivity index (χ2n) is 4.48. The molecule has 0 bridgehead atoms. The average Bonchev–Trinajstić information content (AvgIpc) is 2.96. The molecule has 0 saturated heterocycles. The van der Waals surface area contributed by atoms with E-state index < -0.39 is 0 Å². The largest absolute Gasteiger partial charge is 0.493 e. The Bertz CT molecular complexity index is 716. The van der Waals surface area contributed by atoms with Crippen molar-refractivity contribution in [1.82, 2.24) is 0 Å². The number of benzene rings is 2. The highest BCUT2D eigenvalue weighted by Gasteiger charge is 2.10. The molecule has 0 aliphatic carbocycles. The van der Waals surface area contributed by atoms with Gasteiger partial charge in [0.25, 0.3) is 0 Å². The molecule has 0 aliphatic rings. The molecule has 1 aromatic heterocycles. The second kappa shape index (κ2) is 5.88. The zero-order valence-corrected chi connectivity index (χ0v) is 11.7. The van der Waals surface area contributed by atoms with E-state index in [2.05, 4.69) is 0 Å². The van der Waals surface area contributed by atoms with E-state index >= 15 is 0 Å². The van der Waals surface area contributed by atoms with E-state index in [1.54, 1.807) is 11.3 Å². The summed E-state index contributed by atoms with van der Waals surface area (Å²) in [6.45, 7) is 0.407. The molecule has 2 aromatic carbocycles. The van der Waals surface area contributed by atoms with Crippen molar-refractivity contribution in [2.24, 2.45) is 0 Å². The summed E-state index contributed by atoms with van der Waals surface area (Å²) in [5.74, 6) is 0.934. The first kappa shape index (κ1) is 12.9. The lowest BCUT2D eigenvalue weighted by atomic mass is 10.1. The summed E-state index contributed by atoms with van der Waals surface area (Å²) < 4.78 is 6.64. The predicted octanol–water partition coefficient (Wildman–Crippen LogP) is 4.55. The summed E-state index contributed by atoms with van der Waals surface area (Å²) >= 11 is 1.61. The highest BCUT2D eigenvalue weighted by atomic mass is 32.1. The summed E-state index contributed by atoms with van der Waals surface area (Å²) in [6.07, 6.45) is 0.395. The molecule has 0 atom stereocenters. The number of ketones is 1. The van der Waals surface area contributed by atoms with Crippen LogP contribution in [0.25, 0.3) is 10.1 Å². The molecule has 0 fully saturated rings. The van der Waals surface area contributed by atoms with Crippen molar-refractivity contribution in [3.05, 3.63) is 65.5 Å². The minimum atomic E-state index is 0.133. The van der Waals surface area contributed by atoms with E-state index in [1.807, 2.05) is 60.0 Å². The smallest absolute Gasteiger partial charge is 0.167 e. The van der Waals surface area contributed by atoms with Gasteiger partial charge < -0.3 is 4.74 Å². The van der Waals surface area contributed by atoms with E-state index in [0.717, 1.165) is 21.4 Å². The van der Waals surface area contributed by atoms with Gasteiger partial charge in [-0.3, -0.25) is 4.79 Å². The Hall–Kier alpha value is -2.13. The van der Waals surface area contributed by atoms with Gasteiger partial charge in [0.2, 0.25) is 0 Å². The molecule has 1 heterocycles. The topological polar surface area (TPSA) is 26.3 Å². The second-order valence-corrected chi connectivity index (χ2v) is 5.40. The molecule has 2 nitrogen and oxygen atoms in total. The summed E-state index contributed by atoms with van der Waals surface area (Å²) in [5.41, 5.74) is 0.800. The fraction of sp³-hybridized carbons (Fsp3) is 0.118. The molecule has 3 heteroatoms. The zero-order valence-electron chi connectivity index (χ0n) is 10.9. The molecule has 0 amide bonds. The number of carbonyl (C=O) groups is 1. The number of thiophene rings is 1. The van der Waals surface area contributed by atoms with Crippen LogP contribution in [0.3, 0.4) is 0 Å². The number of fused-ring (bicyclic) bond motifs is 1. The fourth-order valence-electron chi connectivity index (χ4n) is 2.13. The van der Waals surface area contributed by atoms with Crippen molar-refractivity contribution in [3.8, 4) is 5.75 Å². The normalized spacial score (nSPS) is 10.6. The lowest BCUT2D eigenvalue weighted by Crippen LogP contribution is -2.06. The van der Waals surface area contributed by atoms with Crippen molar-refractivity contribution in [2.75, 3.05) is 6.61 Å². The maximum atomic E-state index is 12.3. The molecule has 0 radical (unpaired) electrons. The van der Waals surface area contributed by atoms with Crippen LogP contribution in [0.1, 0.15) is 16.8 Å². The van der Waals surface area contributed by atoms with Gasteiger partial charge in [-0.05, 0) is 35.0 Å². The van der Waals surface area contributed by atoms with E-state index in [0.29, 0.717) is 13.0 Å². The minimum Gasteiger partial charge on any atom is -0.493 e. The Morgan fingerprint density at radius 2 is 1.85 bits per heavy atom. The highest BCUT2D eigenvalue weighted by Crippen LogP contribution is 2.25. The number of Topliss-reactive ketones (excluding diaryl/α,β-unsaturated/α-hetero) is 1. The first-order valence-corrected chi connectivity index (χ1v) is 7.40. The van der Waals surface area contributed by atoms with E-state index in [-0.39, 0.29) is 5.78 Å². The average molecular weight is 282 g/mol. The molecule has 0 saturated carbocycles. The Kier molecular flexibility index (Phi) is 3.79. The first-order valence-electron chi connectivity index (χ1n) is 6.52. The van der Waals surface area contributed by atoms with Crippen LogP contribution in [-0.2, 0) is 0 Å². The van der Waals surface area contributed by atoms with Crippen LogP contribution in [-0.4, -0.2) is 12.4 Å². The maximum Gasteiger partial charge on any atom is 0.167 e. The summed E-state index contributed by atoms with van der Waals surface area (Å²) in [4.78, 5) is 12.3. The Morgan fingerprint density at radius 3 is 2.70 bits per heavy atom. The number of rotatable bonds is 5. The lowest BCUT2D eigenvalue weighted by molar-refractivity contribution is 0.0964. The van der Waals surface area contributed by atoms with Crippen molar-refractivity contribution in [1.29, 1.82) is 0 Å².